The van der Waals surface area contributed by atoms with Gasteiger partial charge in [-0.1, -0.05) is 15.9 Å². The predicted octanol–water partition coefficient (Wildman–Crippen LogP) is 3.64. The average Bonchev–Trinajstić information content (AvgIpc) is 2.14. The molecule has 0 radical (unpaired) electrons. The summed E-state index contributed by atoms with van der Waals surface area (Å²) in [7, 11) is 0. The monoisotopic (exact) mass is 305 g/mol. The average molecular weight is 306 g/mol. The Kier molecular flexibility index (Phi) is 3.72. The van der Waals surface area contributed by atoms with Crippen molar-refractivity contribution in [2.24, 2.45) is 0 Å². The van der Waals surface area contributed by atoms with E-state index in [1.807, 2.05) is 0 Å². The van der Waals surface area contributed by atoms with Crippen molar-refractivity contribution in [3.63, 3.8) is 0 Å². The summed E-state index contributed by atoms with van der Waals surface area (Å²) in [5.41, 5.74) is -3.21. The second kappa shape index (κ2) is 4.52. The molecule has 0 bridgehead atoms. The molecular weight excluding hydrogens is 301 g/mol. The summed E-state index contributed by atoms with van der Waals surface area (Å²) in [5, 5.41) is 8.55. The van der Waals surface area contributed by atoms with Gasteiger partial charge in [-0.15, -0.1) is 0 Å². The molecule has 1 heterocycles. The second-order valence-corrected chi connectivity index (χ2v) is 3.38. The lowest BCUT2D eigenvalue weighted by molar-refractivity contribution is -0.139. The van der Waals surface area contributed by atoms with Crippen LogP contribution < -0.4 is 0 Å². The molecule has 0 unspecified atom stereocenters. The molecule has 0 amide bonds. The van der Waals surface area contributed by atoms with Gasteiger partial charge in [-0.25, -0.2) is 8.78 Å². The molecule has 2 nitrogen and oxygen atoms in total. The fourth-order valence-corrected chi connectivity index (χ4v) is 1.76. The van der Waals surface area contributed by atoms with Crippen LogP contribution in [0.5, 0.6) is 5.75 Å². The summed E-state index contributed by atoms with van der Waals surface area (Å²) < 4.78 is 62.2. The lowest BCUT2D eigenvalue weighted by atomic mass is 10.1. The van der Waals surface area contributed by atoms with Crippen molar-refractivity contribution in [1.29, 1.82) is 0 Å². The van der Waals surface area contributed by atoms with Crippen LogP contribution in [0.4, 0.5) is 22.0 Å². The normalized spacial score (nSPS) is 12.2. The van der Waals surface area contributed by atoms with E-state index in [2.05, 4.69) is 20.9 Å². The molecule has 1 rings (SSSR count). The molecule has 0 atom stereocenters. The number of halogens is 6. The SMILES string of the molecule is Oc1cnc(C(F)F)c(CBr)c1C(F)(F)F. The summed E-state index contributed by atoms with van der Waals surface area (Å²) in [6, 6.07) is 0. The molecule has 0 saturated heterocycles. The highest BCUT2D eigenvalue weighted by molar-refractivity contribution is 9.08. The van der Waals surface area contributed by atoms with E-state index in [1.165, 1.54) is 0 Å². The maximum Gasteiger partial charge on any atom is 0.420 e. The minimum Gasteiger partial charge on any atom is -0.506 e. The third-order valence-electron chi connectivity index (χ3n) is 1.82. The first-order chi connectivity index (χ1) is 7.29. The second-order valence-electron chi connectivity index (χ2n) is 2.81. The summed E-state index contributed by atoms with van der Waals surface area (Å²) >= 11 is 2.67. The number of hydrogen-bond acceptors (Lipinski definition) is 2. The molecule has 0 spiro atoms. The molecule has 0 aliphatic carbocycles. The van der Waals surface area contributed by atoms with Crippen LogP contribution in [-0.2, 0) is 11.5 Å². The molecule has 0 saturated carbocycles. The van der Waals surface area contributed by atoms with E-state index in [1.54, 1.807) is 0 Å². The molecule has 90 valence electrons. The van der Waals surface area contributed by atoms with Crippen molar-refractivity contribution in [3.8, 4) is 5.75 Å². The molecule has 16 heavy (non-hydrogen) atoms. The highest BCUT2D eigenvalue weighted by Gasteiger charge is 2.38. The standard InChI is InChI=1S/C8H5BrF5NO/c9-1-3-5(8(12,13)14)4(16)2-15-6(3)7(10)11/h2,7,16H,1H2. The van der Waals surface area contributed by atoms with Crippen molar-refractivity contribution in [3.05, 3.63) is 23.0 Å². The van der Waals surface area contributed by atoms with E-state index in [9.17, 15) is 22.0 Å². The first-order valence-corrected chi connectivity index (χ1v) is 5.03. The third-order valence-corrected chi connectivity index (χ3v) is 2.38. The van der Waals surface area contributed by atoms with Crippen LogP contribution in [0.2, 0.25) is 0 Å². The Morgan fingerprint density at radius 3 is 2.31 bits per heavy atom. The highest BCUT2D eigenvalue weighted by atomic mass is 79.9. The topological polar surface area (TPSA) is 33.1 Å². The van der Waals surface area contributed by atoms with Gasteiger partial charge in [0.2, 0.25) is 0 Å². The predicted molar refractivity (Wildman–Crippen MR) is 48.5 cm³/mol. The van der Waals surface area contributed by atoms with E-state index in [0.29, 0.717) is 6.20 Å². The molecule has 0 aliphatic rings. The van der Waals surface area contributed by atoms with Crippen molar-refractivity contribution >= 4 is 15.9 Å². The molecule has 1 aromatic rings. The Bertz CT molecular complexity index is 393. The zero-order valence-corrected chi connectivity index (χ0v) is 9.11. The minimum atomic E-state index is -4.90. The van der Waals surface area contributed by atoms with Crippen LogP contribution in [0.1, 0.15) is 23.2 Å². The van der Waals surface area contributed by atoms with Crippen LogP contribution in [0.3, 0.4) is 0 Å². The molecular formula is C8H5BrF5NO. The van der Waals surface area contributed by atoms with Crippen LogP contribution >= 0.6 is 15.9 Å². The highest BCUT2D eigenvalue weighted by Crippen LogP contribution is 2.41. The maximum atomic E-state index is 12.5. The fourth-order valence-electron chi connectivity index (χ4n) is 1.20. The van der Waals surface area contributed by atoms with Gasteiger partial charge in [-0.2, -0.15) is 13.2 Å². The van der Waals surface area contributed by atoms with Crippen molar-refractivity contribution < 1.29 is 27.1 Å². The van der Waals surface area contributed by atoms with Crippen LogP contribution in [-0.4, -0.2) is 10.1 Å². The maximum absolute atomic E-state index is 12.5. The number of aromatic nitrogens is 1. The molecule has 8 heteroatoms. The van der Waals surface area contributed by atoms with Crippen molar-refractivity contribution in [2.75, 3.05) is 0 Å². The quantitative estimate of drug-likeness (QED) is 0.668. The van der Waals surface area contributed by atoms with Gasteiger partial charge in [0.25, 0.3) is 6.43 Å². The Morgan fingerprint density at radius 1 is 1.38 bits per heavy atom. The number of rotatable bonds is 2. The molecule has 0 aliphatic heterocycles. The Hall–Kier alpha value is -0.920. The van der Waals surface area contributed by atoms with E-state index >= 15 is 0 Å². The zero-order valence-electron chi connectivity index (χ0n) is 7.52. The molecule has 0 fully saturated rings. The fraction of sp³-hybridized carbons (Fsp3) is 0.375. The van der Waals surface area contributed by atoms with Gasteiger partial charge in [0.15, 0.2) is 0 Å². The molecule has 1 aromatic heterocycles. The molecule has 1 N–H and O–H groups in total. The van der Waals surface area contributed by atoms with Gasteiger partial charge in [-0.3, -0.25) is 4.98 Å². The number of aromatic hydroxyl groups is 1. The number of hydrogen-bond donors (Lipinski definition) is 1. The summed E-state index contributed by atoms with van der Waals surface area (Å²) in [4.78, 5) is 3.09. The largest absolute Gasteiger partial charge is 0.506 e. The van der Waals surface area contributed by atoms with Crippen LogP contribution in [0.15, 0.2) is 6.20 Å². The number of pyridine rings is 1. The number of nitrogens with zero attached hydrogens (tertiary/aromatic N) is 1. The summed E-state index contributed by atoms with van der Waals surface area (Å²) in [5.74, 6) is -1.16. The van der Waals surface area contributed by atoms with Crippen molar-refractivity contribution in [2.45, 2.75) is 17.9 Å². The van der Waals surface area contributed by atoms with E-state index in [-0.39, 0.29) is 0 Å². The van der Waals surface area contributed by atoms with E-state index in [4.69, 9.17) is 5.11 Å². The Balaban J connectivity index is 3.51. The zero-order chi connectivity index (χ0) is 12.5. The minimum absolute atomic E-state index is 0.372. The number of alkyl halides is 6. The molecule has 0 aromatic carbocycles. The van der Waals surface area contributed by atoms with Gasteiger partial charge >= 0.3 is 6.18 Å². The summed E-state index contributed by atoms with van der Waals surface area (Å²) in [6.45, 7) is 0. The lowest BCUT2D eigenvalue weighted by Gasteiger charge is -2.15. The lowest BCUT2D eigenvalue weighted by Crippen LogP contribution is -2.12. The van der Waals surface area contributed by atoms with E-state index < -0.39 is 40.5 Å². The van der Waals surface area contributed by atoms with Gasteiger partial charge in [-0.05, 0) is 0 Å². The third kappa shape index (κ3) is 2.42. The Labute approximate surface area is 95.2 Å². The van der Waals surface area contributed by atoms with Crippen LogP contribution in [0, 0.1) is 0 Å². The first-order valence-electron chi connectivity index (χ1n) is 3.91. The van der Waals surface area contributed by atoms with E-state index in [0.717, 1.165) is 0 Å². The smallest absolute Gasteiger partial charge is 0.420 e. The summed E-state index contributed by atoms with van der Waals surface area (Å²) in [6.07, 6.45) is -7.66. The first kappa shape index (κ1) is 13.1. The van der Waals surface area contributed by atoms with Crippen molar-refractivity contribution in [1.82, 2.24) is 4.98 Å². The Morgan fingerprint density at radius 2 is 1.94 bits per heavy atom. The van der Waals surface area contributed by atoms with Gasteiger partial charge in [0.1, 0.15) is 17.0 Å². The van der Waals surface area contributed by atoms with Gasteiger partial charge < -0.3 is 5.11 Å². The van der Waals surface area contributed by atoms with Gasteiger partial charge in [0, 0.05) is 10.9 Å². The van der Waals surface area contributed by atoms with Crippen LogP contribution in [0.25, 0.3) is 0 Å². The van der Waals surface area contributed by atoms with Gasteiger partial charge in [0.05, 0.1) is 6.20 Å².